The number of hydrogen-bond acceptors (Lipinski definition) is 20. The first-order chi connectivity index (χ1) is 29.3. The maximum atomic E-state index is 11.9. The van der Waals surface area contributed by atoms with Gasteiger partial charge in [0.1, 0.15) is 35.5 Å². The summed E-state index contributed by atoms with van der Waals surface area (Å²) in [7, 11) is 1.49. The van der Waals surface area contributed by atoms with Crippen LogP contribution < -0.4 is 11.5 Å². The molecule has 20 nitrogen and oxygen atoms in total. The van der Waals surface area contributed by atoms with Crippen LogP contribution in [-0.2, 0) is 37.9 Å². The third-order valence-electron chi connectivity index (χ3n) is 14.1. The average molecular weight is 895 g/mol. The van der Waals surface area contributed by atoms with Gasteiger partial charge in [-0.2, -0.15) is 0 Å². The van der Waals surface area contributed by atoms with Crippen LogP contribution in [0.5, 0.6) is 0 Å². The first kappa shape index (κ1) is 53.2. The van der Waals surface area contributed by atoms with Crippen LogP contribution in [0.4, 0.5) is 0 Å². The van der Waals surface area contributed by atoms with Crippen LogP contribution >= 0.6 is 0 Å². The second-order valence-electron chi connectivity index (χ2n) is 18.3. The molecule has 4 saturated heterocycles. The van der Waals surface area contributed by atoms with Gasteiger partial charge in [-0.3, -0.25) is 9.98 Å². The number of methoxy groups -OCH3 is 1. The fraction of sp³-hybridized carbons (Fsp3) is 0.952. The Hall–Kier alpha value is -1.38. The van der Waals surface area contributed by atoms with E-state index in [1.165, 1.54) is 13.3 Å². The molecule has 12 N–H and O–H groups in total. The minimum Gasteiger partial charge on any atom is -0.394 e. The molecule has 62 heavy (non-hydrogen) atoms. The van der Waals surface area contributed by atoms with E-state index in [-0.39, 0.29) is 65.4 Å². The van der Waals surface area contributed by atoms with E-state index in [4.69, 9.17) is 49.4 Å². The highest BCUT2D eigenvalue weighted by molar-refractivity contribution is 5.55. The number of nitrogens with zero attached hydrogens (tertiary/aromatic N) is 2. The minimum atomic E-state index is -1.39. The standard InChI is InChI=1S/C42H78N4O16/c1-9-23-27(12-47)61-33(41(6,37(23)53)45-10-2)21-57-17-25-29(14-49)60-32(40(5,44)36(25)52)20-56-18-26-30(15-50)62-34(42(7,38(26)54)46-11-3)22-58-16-24-28(13-48)59-31(19-55-8)39(4,43)35(24)51/h10-11,23-38,47-54H,9,12-22,43-44H2,1-8H3. The molecule has 20 atom stereocenters. The van der Waals surface area contributed by atoms with E-state index in [0.717, 1.165) is 0 Å². The van der Waals surface area contributed by atoms with Crippen molar-refractivity contribution in [3.63, 3.8) is 0 Å². The molecule has 0 saturated carbocycles. The van der Waals surface area contributed by atoms with Crippen molar-refractivity contribution in [2.45, 2.75) is 150 Å². The molecule has 4 rings (SSSR count). The molecular formula is C42H78N4O16. The highest BCUT2D eigenvalue weighted by atomic mass is 16.6. The van der Waals surface area contributed by atoms with Crippen LogP contribution in [-0.4, -0.2) is 228 Å². The highest BCUT2D eigenvalue weighted by Gasteiger charge is 2.56. The van der Waals surface area contributed by atoms with Crippen LogP contribution in [0.2, 0.25) is 0 Å². The van der Waals surface area contributed by atoms with E-state index in [2.05, 4.69) is 9.98 Å². The van der Waals surface area contributed by atoms with Crippen molar-refractivity contribution in [2.24, 2.45) is 45.1 Å². The van der Waals surface area contributed by atoms with Crippen molar-refractivity contribution < 1.29 is 78.7 Å². The Morgan fingerprint density at radius 2 is 0.806 bits per heavy atom. The van der Waals surface area contributed by atoms with Gasteiger partial charge < -0.3 is 90.2 Å². The van der Waals surface area contributed by atoms with Gasteiger partial charge in [-0.1, -0.05) is 6.92 Å². The Kier molecular flexibility index (Phi) is 19.6. The Labute approximate surface area is 365 Å². The number of hydrogen-bond donors (Lipinski definition) is 10. The molecule has 0 amide bonds. The first-order valence-corrected chi connectivity index (χ1v) is 21.9. The maximum absolute atomic E-state index is 11.9. The Bertz CT molecular complexity index is 1420. The van der Waals surface area contributed by atoms with Crippen LogP contribution in [0, 0.1) is 23.7 Å². The lowest BCUT2D eigenvalue weighted by atomic mass is 9.75. The van der Waals surface area contributed by atoms with Gasteiger partial charge in [-0.15, -0.1) is 0 Å². The fourth-order valence-corrected chi connectivity index (χ4v) is 9.79. The number of rotatable bonds is 21. The topological polar surface area (TPSA) is 312 Å². The van der Waals surface area contributed by atoms with Crippen molar-refractivity contribution in [3.05, 3.63) is 0 Å². The average Bonchev–Trinajstić information content (AvgIpc) is 3.23. The molecule has 362 valence electrons. The van der Waals surface area contributed by atoms with E-state index >= 15 is 0 Å². The predicted octanol–water partition coefficient (Wildman–Crippen LogP) is -2.83. The van der Waals surface area contributed by atoms with E-state index in [1.54, 1.807) is 47.8 Å². The summed E-state index contributed by atoms with van der Waals surface area (Å²) in [6.07, 6.45) is -7.15. The zero-order chi connectivity index (χ0) is 46.2. The maximum Gasteiger partial charge on any atom is 0.112 e. The van der Waals surface area contributed by atoms with Crippen molar-refractivity contribution >= 4 is 12.4 Å². The summed E-state index contributed by atoms with van der Waals surface area (Å²) in [4.78, 5) is 9.14. The molecular weight excluding hydrogens is 816 g/mol. The Morgan fingerprint density at radius 1 is 0.500 bits per heavy atom. The number of ether oxygens (including phenoxy) is 8. The molecule has 4 aliphatic rings. The fourth-order valence-electron chi connectivity index (χ4n) is 9.79. The van der Waals surface area contributed by atoms with Crippen LogP contribution in [0.1, 0.15) is 54.9 Å². The summed E-state index contributed by atoms with van der Waals surface area (Å²) < 4.78 is 48.2. The number of aliphatic hydroxyl groups excluding tert-OH is 8. The van der Waals surface area contributed by atoms with Crippen LogP contribution in [0.25, 0.3) is 0 Å². The smallest absolute Gasteiger partial charge is 0.112 e. The van der Waals surface area contributed by atoms with Gasteiger partial charge in [0.25, 0.3) is 0 Å². The van der Waals surface area contributed by atoms with Crippen molar-refractivity contribution in [3.8, 4) is 0 Å². The van der Waals surface area contributed by atoms with E-state index < -0.39 is 126 Å². The molecule has 0 aliphatic carbocycles. The van der Waals surface area contributed by atoms with Crippen LogP contribution in [0.3, 0.4) is 0 Å². The van der Waals surface area contributed by atoms with Crippen molar-refractivity contribution in [2.75, 3.05) is 79.8 Å². The number of aliphatic imine (C=N–C) groups is 2. The van der Waals surface area contributed by atoms with E-state index in [9.17, 15) is 40.9 Å². The molecule has 0 aromatic carbocycles. The number of aliphatic hydroxyl groups is 8. The molecule has 4 fully saturated rings. The third-order valence-corrected chi connectivity index (χ3v) is 14.1. The highest BCUT2D eigenvalue weighted by Crippen LogP contribution is 2.41. The molecule has 20 unspecified atom stereocenters. The molecule has 0 spiro atoms. The van der Waals surface area contributed by atoms with Gasteiger partial charge in [0.05, 0.1) is 133 Å². The van der Waals surface area contributed by atoms with Gasteiger partial charge >= 0.3 is 0 Å². The van der Waals surface area contributed by atoms with Gasteiger partial charge in [0.15, 0.2) is 0 Å². The van der Waals surface area contributed by atoms with E-state index in [1.807, 2.05) is 6.92 Å². The lowest BCUT2D eigenvalue weighted by molar-refractivity contribution is -0.236. The normalized spacial score (nSPS) is 46.8. The van der Waals surface area contributed by atoms with Gasteiger partial charge in [-0.05, 0) is 60.4 Å². The minimum absolute atomic E-state index is 0.0366. The molecule has 4 aliphatic heterocycles. The monoisotopic (exact) mass is 895 g/mol. The zero-order valence-corrected chi connectivity index (χ0v) is 37.8. The summed E-state index contributed by atoms with van der Waals surface area (Å²) in [5.74, 6) is -2.60. The summed E-state index contributed by atoms with van der Waals surface area (Å²) in [5.41, 5.74) is 8.25. The summed E-state index contributed by atoms with van der Waals surface area (Å²) in [5, 5.41) is 86.9. The molecule has 0 aromatic rings. The SMILES string of the molecule is CC=NC1(C)C(COCC2C(CO)OC(COCC3C(CO)OC(COCC4C(CO)OC(COC)C(C)(N)C4O)C(C)(N=CC)C3O)C(C)(N)C2O)OC(CO)C(CC)C1O. The molecule has 0 radical (unpaired) electrons. The lowest BCUT2D eigenvalue weighted by Gasteiger charge is -2.51. The van der Waals surface area contributed by atoms with Gasteiger partial charge in [-0.25, -0.2) is 0 Å². The van der Waals surface area contributed by atoms with Gasteiger partial charge in [0.2, 0.25) is 0 Å². The first-order valence-electron chi connectivity index (χ1n) is 21.9. The second-order valence-corrected chi connectivity index (χ2v) is 18.3. The quantitative estimate of drug-likeness (QED) is 0.0520. The lowest BCUT2D eigenvalue weighted by Crippen LogP contribution is -2.69. The number of nitrogens with two attached hydrogens (primary N) is 2. The Morgan fingerprint density at radius 3 is 1.15 bits per heavy atom. The molecule has 20 heteroatoms. The Balaban J connectivity index is 1.37. The largest absolute Gasteiger partial charge is 0.394 e. The zero-order valence-electron chi connectivity index (χ0n) is 37.8. The van der Waals surface area contributed by atoms with Crippen molar-refractivity contribution in [1.29, 1.82) is 0 Å². The predicted molar refractivity (Wildman–Crippen MR) is 226 cm³/mol. The van der Waals surface area contributed by atoms with Crippen LogP contribution in [0.15, 0.2) is 9.98 Å². The third kappa shape index (κ3) is 10.9. The van der Waals surface area contributed by atoms with Crippen molar-refractivity contribution in [1.82, 2.24) is 0 Å². The molecule has 4 heterocycles. The summed E-state index contributed by atoms with van der Waals surface area (Å²) >= 11 is 0. The molecule has 0 bridgehead atoms. The summed E-state index contributed by atoms with van der Waals surface area (Å²) in [6.45, 7) is 10.0. The molecule has 0 aromatic heterocycles. The summed E-state index contributed by atoms with van der Waals surface area (Å²) in [6, 6.07) is 0. The second kappa shape index (κ2) is 22.9. The van der Waals surface area contributed by atoms with Gasteiger partial charge in [0, 0.05) is 30.8 Å². The van der Waals surface area contributed by atoms with E-state index in [0.29, 0.717) is 6.42 Å².